The van der Waals surface area contributed by atoms with Gasteiger partial charge in [0, 0.05) is 18.0 Å². The van der Waals surface area contributed by atoms with E-state index in [9.17, 15) is 0 Å². The molecular formula is C24H16N4S. The van der Waals surface area contributed by atoms with Crippen LogP contribution in [0.25, 0.3) is 44.6 Å². The summed E-state index contributed by atoms with van der Waals surface area (Å²) in [4.78, 5) is 19.6. The van der Waals surface area contributed by atoms with E-state index < -0.39 is 0 Å². The third kappa shape index (κ3) is 3.56. The van der Waals surface area contributed by atoms with E-state index in [-0.39, 0.29) is 0 Å². The SMILES string of the molecule is c1ccc(-c2cccc(-c3ccsc3-c3cccc(-c4ccccn4)n3)n2)nc1. The van der Waals surface area contributed by atoms with Crippen LogP contribution in [0.15, 0.2) is 96.6 Å². The molecule has 4 nitrogen and oxygen atoms in total. The van der Waals surface area contributed by atoms with E-state index >= 15 is 0 Å². The Morgan fingerprint density at radius 3 is 1.66 bits per heavy atom. The Bertz CT molecular complexity index is 1150. The number of hydrogen-bond donors (Lipinski definition) is 0. The zero-order valence-electron chi connectivity index (χ0n) is 15.4. The third-order valence-electron chi connectivity index (χ3n) is 4.53. The van der Waals surface area contributed by atoms with Crippen molar-refractivity contribution in [3.05, 3.63) is 96.6 Å². The summed E-state index contributed by atoms with van der Waals surface area (Å²) in [6, 6.07) is 25.9. The molecule has 0 aliphatic rings. The van der Waals surface area contributed by atoms with E-state index in [0.717, 1.165) is 44.6 Å². The van der Waals surface area contributed by atoms with Gasteiger partial charge in [0.1, 0.15) is 0 Å². The average molecular weight is 392 g/mol. The molecule has 5 aromatic heterocycles. The smallest absolute Gasteiger partial charge is 0.0894 e. The van der Waals surface area contributed by atoms with Gasteiger partial charge >= 0.3 is 0 Å². The molecular weight excluding hydrogens is 376 g/mol. The van der Waals surface area contributed by atoms with E-state index in [2.05, 4.69) is 21.4 Å². The van der Waals surface area contributed by atoms with Crippen LogP contribution in [0.3, 0.4) is 0 Å². The Morgan fingerprint density at radius 1 is 0.483 bits per heavy atom. The summed E-state index contributed by atoms with van der Waals surface area (Å²) in [5, 5.41) is 2.08. The molecule has 138 valence electrons. The fourth-order valence-electron chi connectivity index (χ4n) is 3.17. The van der Waals surface area contributed by atoms with Crippen LogP contribution < -0.4 is 0 Å². The second kappa shape index (κ2) is 7.73. The first-order valence-corrected chi connectivity index (χ1v) is 10.1. The molecule has 5 heterocycles. The quantitative estimate of drug-likeness (QED) is 0.377. The predicted octanol–water partition coefficient (Wildman–Crippen LogP) is 6.00. The van der Waals surface area contributed by atoms with Crippen molar-refractivity contribution in [3.8, 4) is 44.6 Å². The Kier molecular flexibility index (Phi) is 4.64. The van der Waals surface area contributed by atoms with E-state index in [4.69, 9.17) is 9.97 Å². The van der Waals surface area contributed by atoms with Crippen molar-refractivity contribution >= 4 is 11.3 Å². The van der Waals surface area contributed by atoms with Crippen LogP contribution in [0.5, 0.6) is 0 Å². The van der Waals surface area contributed by atoms with Crippen LogP contribution >= 0.6 is 11.3 Å². The molecule has 0 spiro atoms. The summed E-state index contributed by atoms with van der Waals surface area (Å²) >= 11 is 1.66. The summed E-state index contributed by atoms with van der Waals surface area (Å²) in [6.07, 6.45) is 3.57. The van der Waals surface area contributed by atoms with Gasteiger partial charge < -0.3 is 0 Å². The number of rotatable bonds is 4. The summed E-state index contributed by atoms with van der Waals surface area (Å²) in [5.41, 5.74) is 6.34. The maximum Gasteiger partial charge on any atom is 0.0894 e. The van der Waals surface area contributed by atoms with E-state index in [1.807, 2.05) is 72.8 Å². The van der Waals surface area contributed by atoms with Crippen molar-refractivity contribution in [1.82, 2.24) is 19.9 Å². The Balaban J connectivity index is 1.56. The lowest BCUT2D eigenvalue weighted by molar-refractivity contribution is 1.24. The van der Waals surface area contributed by atoms with Crippen LogP contribution in [-0.2, 0) is 0 Å². The zero-order chi connectivity index (χ0) is 19.5. The minimum Gasteiger partial charge on any atom is -0.255 e. The fourth-order valence-corrected chi connectivity index (χ4v) is 4.04. The lowest BCUT2D eigenvalue weighted by atomic mass is 10.1. The van der Waals surface area contributed by atoms with Crippen LogP contribution in [0.1, 0.15) is 0 Å². The van der Waals surface area contributed by atoms with Gasteiger partial charge in [0.25, 0.3) is 0 Å². The average Bonchev–Trinajstić information content (AvgIpc) is 3.31. The highest BCUT2D eigenvalue weighted by atomic mass is 32.1. The second-order valence-corrected chi connectivity index (χ2v) is 7.33. The van der Waals surface area contributed by atoms with Gasteiger partial charge in [0.2, 0.25) is 0 Å². The van der Waals surface area contributed by atoms with Gasteiger partial charge in [-0.3, -0.25) is 9.97 Å². The number of pyridine rings is 4. The molecule has 0 aliphatic heterocycles. The Labute approximate surface area is 172 Å². The van der Waals surface area contributed by atoms with Crippen LogP contribution in [0.2, 0.25) is 0 Å². The van der Waals surface area contributed by atoms with Gasteiger partial charge in [-0.25, -0.2) is 9.97 Å². The highest BCUT2D eigenvalue weighted by Gasteiger charge is 2.13. The summed E-state index contributed by atoms with van der Waals surface area (Å²) in [7, 11) is 0. The van der Waals surface area contributed by atoms with Crippen molar-refractivity contribution < 1.29 is 0 Å². The first-order valence-electron chi connectivity index (χ1n) is 9.24. The van der Waals surface area contributed by atoms with Crippen molar-refractivity contribution in [1.29, 1.82) is 0 Å². The highest BCUT2D eigenvalue weighted by molar-refractivity contribution is 7.14. The van der Waals surface area contributed by atoms with Gasteiger partial charge in [-0.05, 0) is 60.0 Å². The number of nitrogens with zero attached hydrogens (tertiary/aromatic N) is 4. The lowest BCUT2D eigenvalue weighted by Crippen LogP contribution is -1.92. The second-order valence-electron chi connectivity index (χ2n) is 6.41. The third-order valence-corrected chi connectivity index (χ3v) is 5.46. The van der Waals surface area contributed by atoms with Crippen molar-refractivity contribution in [2.45, 2.75) is 0 Å². The Hall–Kier alpha value is -3.70. The largest absolute Gasteiger partial charge is 0.255 e. The summed E-state index contributed by atoms with van der Waals surface area (Å²) in [6.45, 7) is 0. The molecule has 5 heteroatoms. The maximum atomic E-state index is 4.86. The van der Waals surface area contributed by atoms with Gasteiger partial charge in [-0.1, -0.05) is 24.3 Å². The monoisotopic (exact) mass is 392 g/mol. The lowest BCUT2D eigenvalue weighted by Gasteiger charge is -2.07. The van der Waals surface area contributed by atoms with E-state index in [1.165, 1.54) is 0 Å². The van der Waals surface area contributed by atoms with Gasteiger partial charge in [0.15, 0.2) is 0 Å². The van der Waals surface area contributed by atoms with E-state index in [1.54, 1.807) is 23.7 Å². The van der Waals surface area contributed by atoms with Crippen molar-refractivity contribution in [3.63, 3.8) is 0 Å². The van der Waals surface area contributed by atoms with Gasteiger partial charge in [-0.15, -0.1) is 11.3 Å². The van der Waals surface area contributed by atoms with Gasteiger partial charge in [-0.2, -0.15) is 0 Å². The summed E-state index contributed by atoms with van der Waals surface area (Å²) < 4.78 is 0. The fraction of sp³-hybridized carbons (Fsp3) is 0. The molecule has 0 aliphatic carbocycles. The van der Waals surface area contributed by atoms with E-state index in [0.29, 0.717) is 0 Å². The topological polar surface area (TPSA) is 51.6 Å². The predicted molar refractivity (Wildman–Crippen MR) is 117 cm³/mol. The number of hydrogen-bond acceptors (Lipinski definition) is 5. The van der Waals surface area contributed by atoms with Gasteiger partial charge in [0.05, 0.1) is 39.0 Å². The minimum atomic E-state index is 0.857. The van der Waals surface area contributed by atoms with Crippen LogP contribution in [0.4, 0.5) is 0 Å². The molecule has 0 aromatic carbocycles. The van der Waals surface area contributed by atoms with Crippen molar-refractivity contribution in [2.75, 3.05) is 0 Å². The molecule has 0 N–H and O–H groups in total. The first-order chi connectivity index (χ1) is 14.4. The molecule has 0 fully saturated rings. The molecule has 0 atom stereocenters. The number of thiophene rings is 1. The molecule has 5 aromatic rings. The molecule has 0 saturated carbocycles. The van der Waals surface area contributed by atoms with Crippen LogP contribution in [-0.4, -0.2) is 19.9 Å². The standard InChI is InChI=1S/C24H16N4S/c1-3-14-25-19(7-1)21-10-5-9-18(27-21)17-13-16-29-24(17)23-12-6-11-22(28-23)20-8-2-4-15-26-20/h1-16H. The Morgan fingerprint density at radius 2 is 1.03 bits per heavy atom. The minimum absolute atomic E-state index is 0.857. The maximum absolute atomic E-state index is 4.86. The molecule has 0 bridgehead atoms. The molecule has 0 radical (unpaired) electrons. The zero-order valence-corrected chi connectivity index (χ0v) is 16.3. The molecule has 0 amide bonds. The number of aromatic nitrogens is 4. The molecule has 29 heavy (non-hydrogen) atoms. The molecule has 5 rings (SSSR count). The summed E-state index contributed by atoms with van der Waals surface area (Å²) in [5.74, 6) is 0. The molecule has 0 unspecified atom stereocenters. The molecule has 0 saturated heterocycles. The first kappa shape index (κ1) is 17.4. The highest BCUT2D eigenvalue weighted by Crippen LogP contribution is 2.36. The normalized spacial score (nSPS) is 10.8. The van der Waals surface area contributed by atoms with Crippen molar-refractivity contribution in [2.24, 2.45) is 0 Å². The van der Waals surface area contributed by atoms with Crippen LogP contribution in [0, 0.1) is 0 Å².